The number of aryl methyl sites for hydroxylation is 2. The molecular weight excluding hydrogens is 520 g/mol. The molecule has 0 N–H and O–H groups in total. The Morgan fingerprint density at radius 2 is 0.857 bits per heavy atom. The summed E-state index contributed by atoms with van der Waals surface area (Å²) in [6.07, 6.45) is 0. The standard InChI is InChI=1S/C38H24O4/c1-21-11-15-28-27(35(21)31-19-29-25-9-5-3-7-23(25)13-17-33(29)41-37(31)39)16-12-22(2)36(28)32-20-30-26-10-6-4-8-24(26)14-18-34(30)42-38(32)40/h3-20H,1-2H3. The zero-order valence-corrected chi connectivity index (χ0v) is 23.0. The van der Waals surface area contributed by atoms with Crippen molar-refractivity contribution in [2.75, 3.05) is 0 Å². The second-order valence-electron chi connectivity index (χ2n) is 10.9. The van der Waals surface area contributed by atoms with Crippen LogP contribution in [-0.4, -0.2) is 0 Å². The predicted molar refractivity (Wildman–Crippen MR) is 171 cm³/mol. The van der Waals surface area contributed by atoms with Gasteiger partial charge in [-0.1, -0.05) is 84.9 Å². The first-order chi connectivity index (χ1) is 20.5. The maximum absolute atomic E-state index is 13.5. The summed E-state index contributed by atoms with van der Waals surface area (Å²) in [6.45, 7) is 4.00. The molecule has 6 aromatic carbocycles. The van der Waals surface area contributed by atoms with Crippen molar-refractivity contribution in [1.29, 1.82) is 0 Å². The van der Waals surface area contributed by atoms with Crippen LogP contribution in [0, 0.1) is 13.8 Å². The fourth-order valence-corrected chi connectivity index (χ4v) is 6.43. The lowest BCUT2D eigenvalue weighted by molar-refractivity contribution is 0.563. The van der Waals surface area contributed by atoms with Crippen LogP contribution in [0.25, 0.3) is 76.5 Å². The van der Waals surface area contributed by atoms with Crippen molar-refractivity contribution in [1.82, 2.24) is 0 Å². The minimum atomic E-state index is -0.396. The molecule has 0 saturated carbocycles. The third kappa shape index (κ3) is 3.55. The third-order valence-corrected chi connectivity index (χ3v) is 8.44. The van der Waals surface area contributed by atoms with Crippen molar-refractivity contribution in [2.45, 2.75) is 13.8 Å². The lowest BCUT2D eigenvalue weighted by atomic mass is 9.88. The Labute approximate surface area is 240 Å². The SMILES string of the molecule is Cc1ccc2c(-c3cc4c(ccc5ccccc54)oc3=O)c(C)ccc2c1-c1cc2c(ccc3ccccc32)oc1=O. The van der Waals surface area contributed by atoms with E-state index in [4.69, 9.17) is 8.83 Å². The average molecular weight is 545 g/mol. The maximum Gasteiger partial charge on any atom is 0.344 e. The first-order valence-corrected chi connectivity index (χ1v) is 13.9. The molecule has 8 rings (SSSR count). The van der Waals surface area contributed by atoms with E-state index in [2.05, 4.69) is 12.1 Å². The molecule has 0 aliphatic heterocycles. The Morgan fingerprint density at radius 1 is 0.429 bits per heavy atom. The van der Waals surface area contributed by atoms with Crippen molar-refractivity contribution in [2.24, 2.45) is 0 Å². The topological polar surface area (TPSA) is 60.4 Å². The molecule has 0 unspecified atom stereocenters. The second-order valence-corrected chi connectivity index (χ2v) is 10.9. The number of hydrogen-bond donors (Lipinski definition) is 0. The van der Waals surface area contributed by atoms with Crippen molar-refractivity contribution in [3.05, 3.63) is 141 Å². The van der Waals surface area contributed by atoms with Crippen LogP contribution in [0.15, 0.2) is 128 Å². The van der Waals surface area contributed by atoms with E-state index in [9.17, 15) is 9.59 Å². The van der Waals surface area contributed by atoms with E-state index < -0.39 is 11.3 Å². The minimum Gasteiger partial charge on any atom is -0.422 e. The van der Waals surface area contributed by atoms with Crippen LogP contribution in [-0.2, 0) is 0 Å². The summed E-state index contributed by atoms with van der Waals surface area (Å²) >= 11 is 0. The van der Waals surface area contributed by atoms with Gasteiger partial charge in [0.15, 0.2) is 0 Å². The summed E-state index contributed by atoms with van der Waals surface area (Å²) in [4.78, 5) is 27.0. The highest BCUT2D eigenvalue weighted by molar-refractivity contribution is 6.11. The van der Waals surface area contributed by atoms with Crippen molar-refractivity contribution in [3.63, 3.8) is 0 Å². The van der Waals surface area contributed by atoms with Crippen LogP contribution < -0.4 is 11.3 Å². The van der Waals surface area contributed by atoms with Crippen LogP contribution in [0.4, 0.5) is 0 Å². The first kappa shape index (κ1) is 24.3. The summed E-state index contributed by atoms with van der Waals surface area (Å²) in [5.41, 5.74) is 4.79. The molecule has 8 aromatic rings. The Kier molecular flexibility index (Phi) is 5.22. The first-order valence-electron chi connectivity index (χ1n) is 13.9. The molecular formula is C38H24O4. The minimum absolute atomic E-state index is 0.396. The second kappa shape index (κ2) is 9.02. The summed E-state index contributed by atoms with van der Waals surface area (Å²) in [5.74, 6) is 0. The Morgan fingerprint density at radius 3 is 1.31 bits per heavy atom. The van der Waals surface area contributed by atoms with Crippen molar-refractivity contribution in [3.8, 4) is 22.3 Å². The molecule has 0 amide bonds. The van der Waals surface area contributed by atoms with Gasteiger partial charge in [0.2, 0.25) is 0 Å². The van der Waals surface area contributed by atoms with Gasteiger partial charge in [-0.15, -0.1) is 0 Å². The highest BCUT2D eigenvalue weighted by Gasteiger charge is 2.20. The van der Waals surface area contributed by atoms with E-state index in [1.54, 1.807) is 0 Å². The van der Waals surface area contributed by atoms with E-state index in [-0.39, 0.29) is 0 Å². The number of rotatable bonds is 2. The lowest BCUT2D eigenvalue weighted by Crippen LogP contribution is -2.06. The Balaban J connectivity index is 1.44. The largest absolute Gasteiger partial charge is 0.422 e. The summed E-state index contributed by atoms with van der Waals surface area (Å²) in [6, 6.07) is 35.8. The van der Waals surface area contributed by atoms with Gasteiger partial charge in [0.25, 0.3) is 0 Å². The molecule has 0 atom stereocenters. The molecule has 2 heterocycles. The van der Waals surface area contributed by atoms with Crippen molar-refractivity contribution >= 4 is 54.3 Å². The molecule has 4 heteroatoms. The summed E-state index contributed by atoms with van der Waals surface area (Å²) < 4.78 is 11.8. The van der Waals surface area contributed by atoms with Crippen LogP contribution in [0.1, 0.15) is 11.1 Å². The fourth-order valence-electron chi connectivity index (χ4n) is 6.43. The number of benzene rings is 6. The Bertz CT molecular complexity index is 2350. The predicted octanol–water partition coefficient (Wildman–Crippen LogP) is 9.31. The van der Waals surface area contributed by atoms with E-state index in [0.29, 0.717) is 22.3 Å². The third-order valence-electron chi connectivity index (χ3n) is 8.44. The number of hydrogen-bond acceptors (Lipinski definition) is 4. The van der Waals surface area contributed by atoms with E-state index in [0.717, 1.165) is 65.3 Å². The van der Waals surface area contributed by atoms with E-state index in [1.807, 2.05) is 111 Å². The van der Waals surface area contributed by atoms with Gasteiger partial charge in [-0.3, -0.25) is 0 Å². The van der Waals surface area contributed by atoms with Gasteiger partial charge >= 0.3 is 11.3 Å². The monoisotopic (exact) mass is 544 g/mol. The molecule has 0 spiro atoms. The van der Waals surface area contributed by atoms with Gasteiger partial charge in [0.05, 0.1) is 11.1 Å². The molecule has 0 bridgehead atoms. The highest BCUT2D eigenvalue weighted by atomic mass is 16.4. The fraction of sp³-hybridized carbons (Fsp3) is 0.0526. The molecule has 0 fully saturated rings. The Hall–Kier alpha value is -5.48. The van der Waals surface area contributed by atoms with Gasteiger partial charge < -0.3 is 8.83 Å². The van der Waals surface area contributed by atoms with Crippen molar-refractivity contribution < 1.29 is 8.83 Å². The van der Waals surface area contributed by atoms with Gasteiger partial charge in [0.1, 0.15) is 11.2 Å². The summed E-state index contributed by atoms with van der Waals surface area (Å²) in [5, 5.41) is 7.72. The molecule has 42 heavy (non-hydrogen) atoms. The molecule has 0 aliphatic rings. The molecule has 0 radical (unpaired) electrons. The lowest BCUT2D eigenvalue weighted by Gasteiger charge is -2.16. The molecule has 4 nitrogen and oxygen atoms in total. The zero-order chi connectivity index (χ0) is 28.5. The highest BCUT2D eigenvalue weighted by Crippen LogP contribution is 2.39. The van der Waals surface area contributed by atoms with Crippen LogP contribution >= 0.6 is 0 Å². The van der Waals surface area contributed by atoms with Crippen LogP contribution in [0.3, 0.4) is 0 Å². The summed E-state index contributed by atoms with van der Waals surface area (Å²) in [7, 11) is 0. The van der Waals surface area contributed by atoms with Gasteiger partial charge in [-0.2, -0.15) is 0 Å². The smallest absolute Gasteiger partial charge is 0.344 e. The molecule has 0 aliphatic carbocycles. The van der Waals surface area contributed by atoms with Gasteiger partial charge in [-0.05, 0) is 92.7 Å². The number of fused-ring (bicyclic) bond motifs is 7. The normalized spacial score (nSPS) is 11.8. The van der Waals surface area contributed by atoms with Gasteiger partial charge in [-0.25, -0.2) is 9.59 Å². The zero-order valence-electron chi connectivity index (χ0n) is 23.0. The molecule has 0 saturated heterocycles. The maximum atomic E-state index is 13.5. The molecule has 200 valence electrons. The van der Waals surface area contributed by atoms with Gasteiger partial charge in [0, 0.05) is 10.8 Å². The van der Waals surface area contributed by atoms with E-state index in [1.165, 1.54) is 0 Å². The quantitative estimate of drug-likeness (QED) is 0.161. The molecule has 2 aromatic heterocycles. The average Bonchev–Trinajstić information content (AvgIpc) is 3.01. The van der Waals surface area contributed by atoms with Crippen LogP contribution in [0.5, 0.6) is 0 Å². The van der Waals surface area contributed by atoms with Crippen LogP contribution in [0.2, 0.25) is 0 Å². The van der Waals surface area contributed by atoms with E-state index >= 15 is 0 Å².